The van der Waals surface area contributed by atoms with Crippen LogP contribution in [0.15, 0.2) is 18.2 Å². The lowest BCUT2D eigenvalue weighted by molar-refractivity contribution is -0.115. The molecule has 0 bridgehead atoms. The van der Waals surface area contributed by atoms with E-state index in [1.165, 1.54) is 24.9 Å². The average molecular weight is 382 g/mol. The van der Waals surface area contributed by atoms with Crippen LogP contribution >= 0.6 is 27.3 Å². The zero-order chi connectivity index (χ0) is 15.5. The predicted molar refractivity (Wildman–Crippen MR) is 97.3 cm³/mol. The highest BCUT2D eigenvalue weighted by molar-refractivity contribution is 9.10. The molecule has 22 heavy (non-hydrogen) atoms. The molecule has 1 aromatic heterocycles. The summed E-state index contributed by atoms with van der Waals surface area (Å²) in [6.45, 7) is 4.24. The van der Waals surface area contributed by atoms with E-state index in [0.717, 1.165) is 29.7 Å². The van der Waals surface area contributed by atoms with Gasteiger partial charge in [-0.25, -0.2) is 4.98 Å². The Kier molecular flexibility index (Phi) is 4.98. The van der Waals surface area contributed by atoms with Crippen LogP contribution < -0.4 is 10.2 Å². The first-order valence-corrected chi connectivity index (χ1v) is 9.51. The van der Waals surface area contributed by atoms with E-state index in [2.05, 4.69) is 49.3 Å². The first-order chi connectivity index (χ1) is 10.7. The Bertz CT molecular complexity index is 666. The molecule has 1 saturated heterocycles. The van der Waals surface area contributed by atoms with E-state index in [0.29, 0.717) is 5.13 Å². The van der Waals surface area contributed by atoms with Crippen LogP contribution in [0.25, 0.3) is 10.2 Å². The van der Waals surface area contributed by atoms with Crippen molar-refractivity contribution in [3.05, 3.63) is 18.2 Å². The largest absolute Gasteiger partial charge is 0.371 e. The molecule has 1 amide bonds. The molecular formula is C16H20BrN3OS. The lowest BCUT2D eigenvalue weighted by Crippen LogP contribution is -2.29. The first kappa shape index (κ1) is 15.7. The highest BCUT2D eigenvalue weighted by Gasteiger charge is 2.16. The number of alkyl halides is 1. The van der Waals surface area contributed by atoms with Gasteiger partial charge in [-0.15, -0.1) is 0 Å². The summed E-state index contributed by atoms with van der Waals surface area (Å²) in [5.74, 6) is -0.0298. The average Bonchev–Trinajstić information content (AvgIpc) is 2.96. The summed E-state index contributed by atoms with van der Waals surface area (Å²) in [5.41, 5.74) is 2.21. The van der Waals surface area contributed by atoms with Crippen molar-refractivity contribution in [3.8, 4) is 0 Å². The van der Waals surface area contributed by atoms with Crippen LogP contribution in [0.5, 0.6) is 0 Å². The highest BCUT2D eigenvalue weighted by Crippen LogP contribution is 2.31. The number of nitrogens with zero attached hydrogens (tertiary/aromatic N) is 2. The molecule has 2 heterocycles. The van der Waals surface area contributed by atoms with Gasteiger partial charge in [-0.1, -0.05) is 34.2 Å². The Labute approximate surface area is 143 Å². The molecular weight excluding hydrogens is 362 g/mol. The molecule has 2 aromatic rings. The summed E-state index contributed by atoms with van der Waals surface area (Å²) >= 11 is 4.91. The minimum Gasteiger partial charge on any atom is -0.371 e. The van der Waals surface area contributed by atoms with Crippen LogP contribution in [0.2, 0.25) is 0 Å². The van der Waals surface area contributed by atoms with Crippen molar-refractivity contribution in [1.82, 2.24) is 4.98 Å². The quantitative estimate of drug-likeness (QED) is 0.798. The van der Waals surface area contributed by atoms with Crippen molar-refractivity contribution < 1.29 is 4.79 Å². The SMILES string of the molecule is CCC(Br)C(=O)Nc1nc2ccc(N3CCCCC3)cc2s1. The van der Waals surface area contributed by atoms with Crippen LogP contribution in [0.4, 0.5) is 10.8 Å². The number of hydrogen-bond acceptors (Lipinski definition) is 4. The fraction of sp³-hybridized carbons (Fsp3) is 0.500. The van der Waals surface area contributed by atoms with Gasteiger partial charge in [0, 0.05) is 18.8 Å². The lowest BCUT2D eigenvalue weighted by Gasteiger charge is -2.28. The molecule has 0 aliphatic carbocycles. The zero-order valence-corrected chi connectivity index (χ0v) is 15.0. The fourth-order valence-corrected chi connectivity index (χ4v) is 3.70. The molecule has 1 atom stereocenters. The number of piperidine rings is 1. The molecule has 0 radical (unpaired) electrons. The molecule has 4 nitrogen and oxygen atoms in total. The summed E-state index contributed by atoms with van der Waals surface area (Å²) in [7, 11) is 0. The molecule has 1 aliphatic heterocycles. The van der Waals surface area contributed by atoms with Gasteiger partial charge in [0.2, 0.25) is 5.91 Å². The van der Waals surface area contributed by atoms with Gasteiger partial charge in [0.05, 0.1) is 15.0 Å². The zero-order valence-electron chi connectivity index (χ0n) is 12.6. The van der Waals surface area contributed by atoms with Crippen molar-refractivity contribution in [2.45, 2.75) is 37.4 Å². The summed E-state index contributed by atoms with van der Waals surface area (Å²) < 4.78 is 1.13. The van der Waals surface area contributed by atoms with Crippen LogP contribution in [0.1, 0.15) is 32.6 Å². The van der Waals surface area contributed by atoms with E-state index < -0.39 is 0 Å². The van der Waals surface area contributed by atoms with Crippen molar-refractivity contribution in [2.24, 2.45) is 0 Å². The molecule has 1 N–H and O–H groups in total. The van der Waals surface area contributed by atoms with Gasteiger partial charge >= 0.3 is 0 Å². The van der Waals surface area contributed by atoms with E-state index in [1.807, 2.05) is 6.92 Å². The number of hydrogen-bond donors (Lipinski definition) is 1. The lowest BCUT2D eigenvalue weighted by atomic mass is 10.1. The van der Waals surface area contributed by atoms with E-state index in [9.17, 15) is 4.79 Å². The monoisotopic (exact) mass is 381 g/mol. The maximum atomic E-state index is 11.9. The number of nitrogens with one attached hydrogen (secondary N) is 1. The number of carbonyl (C=O) groups excluding carboxylic acids is 1. The second-order valence-electron chi connectivity index (χ2n) is 5.58. The number of halogens is 1. The number of rotatable bonds is 4. The molecule has 1 unspecified atom stereocenters. The number of anilines is 2. The second kappa shape index (κ2) is 6.96. The van der Waals surface area contributed by atoms with Crippen LogP contribution in [0, 0.1) is 0 Å². The van der Waals surface area contributed by atoms with E-state index in [4.69, 9.17) is 0 Å². The van der Waals surface area contributed by atoms with Gasteiger partial charge in [-0.2, -0.15) is 0 Å². The number of benzene rings is 1. The minimum atomic E-state index is -0.163. The number of thiazole rings is 1. The Hall–Kier alpha value is -1.14. The van der Waals surface area contributed by atoms with Crippen LogP contribution in [-0.4, -0.2) is 28.8 Å². The topological polar surface area (TPSA) is 45.2 Å². The molecule has 0 spiro atoms. The minimum absolute atomic E-state index is 0.0298. The molecule has 1 fully saturated rings. The standard InChI is InChI=1S/C16H20BrN3OS/c1-2-12(17)15(21)19-16-18-13-7-6-11(10-14(13)22-16)20-8-4-3-5-9-20/h6-7,10,12H,2-5,8-9H2,1H3,(H,18,19,21). The molecule has 3 rings (SSSR count). The number of aromatic nitrogens is 1. The molecule has 1 aliphatic rings. The Morgan fingerprint density at radius 2 is 2.18 bits per heavy atom. The van der Waals surface area contributed by atoms with E-state index in [1.54, 1.807) is 11.3 Å². The predicted octanol–water partition coefficient (Wildman–Crippen LogP) is 4.40. The van der Waals surface area contributed by atoms with Crippen molar-refractivity contribution >= 4 is 54.2 Å². The molecule has 1 aromatic carbocycles. The fourth-order valence-electron chi connectivity index (χ4n) is 2.68. The Morgan fingerprint density at radius 1 is 1.41 bits per heavy atom. The Morgan fingerprint density at radius 3 is 2.91 bits per heavy atom. The maximum absolute atomic E-state index is 11.9. The summed E-state index contributed by atoms with van der Waals surface area (Å²) in [4.78, 5) is 18.7. The first-order valence-electron chi connectivity index (χ1n) is 7.78. The molecule has 0 saturated carbocycles. The Balaban J connectivity index is 1.79. The summed E-state index contributed by atoms with van der Waals surface area (Å²) in [5, 5.41) is 3.56. The normalized spacial score (nSPS) is 16.7. The maximum Gasteiger partial charge on any atom is 0.239 e. The molecule has 6 heteroatoms. The van der Waals surface area contributed by atoms with Crippen molar-refractivity contribution in [1.29, 1.82) is 0 Å². The van der Waals surface area contributed by atoms with Gasteiger partial charge in [0.25, 0.3) is 0 Å². The third kappa shape index (κ3) is 3.43. The smallest absolute Gasteiger partial charge is 0.239 e. The number of carbonyl (C=O) groups is 1. The van der Waals surface area contributed by atoms with Crippen molar-refractivity contribution in [3.63, 3.8) is 0 Å². The van der Waals surface area contributed by atoms with Gasteiger partial charge in [0.15, 0.2) is 5.13 Å². The highest BCUT2D eigenvalue weighted by atomic mass is 79.9. The third-order valence-corrected chi connectivity index (χ3v) is 5.96. The van der Waals surface area contributed by atoms with Crippen molar-refractivity contribution in [2.75, 3.05) is 23.3 Å². The van der Waals surface area contributed by atoms with E-state index in [-0.39, 0.29) is 10.7 Å². The number of amides is 1. The van der Waals surface area contributed by atoms with E-state index >= 15 is 0 Å². The third-order valence-electron chi connectivity index (χ3n) is 3.97. The van der Waals surface area contributed by atoms with Crippen LogP contribution in [-0.2, 0) is 4.79 Å². The second-order valence-corrected chi connectivity index (χ2v) is 7.72. The molecule has 118 valence electrons. The van der Waals surface area contributed by atoms with Crippen LogP contribution in [0.3, 0.4) is 0 Å². The van der Waals surface area contributed by atoms with Gasteiger partial charge in [-0.05, 0) is 43.9 Å². The van der Waals surface area contributed by atoms with Gasteiger partial charge in [0.1, 0.15) is 0 Å². The number of fused-ring (bicyclic) bond motifs is 1. The summed E-state index contributed by atoms with van der Waals surface area (Å²) in [6.07, 6.45) is 4.63. The van der Waals surface area contributed by atoms with Gasteiger partial charge in [-0.3, -0.25) is 4.79 Å². The summed E-state index contributed by atoms with van der Waals surface area (Å²) in [6, 6.07) is 6.38. The van der Waals surface area contributed by atoms with Gasteiger partial charge < -0.3 is 10.2 Å².